The van der Waals surface area contributed by atoms with Crippen molar-refractivity contribution >= 4 is 26.6 Å². The third-order valence-electron chi connectivity index (χ3n) is 2.44. The number of fused-ring (bicyclic) bond motifs is 1. The van der Waals surface area contributed by atoms with Gasteiger partial charge in [-0.3, -0.25) is 4.55 Å². The molecule has 0 aliphatic rings. The van der Waals surface area contributed by atoms with Gasteiger partial charge < -0.3 is 5.73 Å². The fourth-order valence-electron chi connectivity index (χ4n) is 1.69. The molecule has 0 unspecified atom stereocenters. The van der Waals surface area contributed by atoms with Gasteiger partial charge in [0, 0.05) is 5.69 Å². The van der Waals surface area contributed by atoms with Crippen LogP contribution in [0.1, 0.15) is 5.56 Å². The number of aryl methyl sites for hydroxylation is 1. The summed E-state index contributed by atoms with van der Waals surface area (Å²) in [6.07, 6.45) is 0. The molecule has 0 aliphatic carbocycles. The van der Waals surface area contributed by atoms with E-state index in [1.807, 2.05) is 0 Å². The summed E-state index contributed by atoms with van der Waals surface area (Å²) in [6, 6.07) is 8.30. The third kappa shape index (κ3) is 1.87. The lowest BCUT2D eigenvalue weighted by Gasteiger charge is -2.06. The smallest absolute Gasteiger partial charge is 0.294 e. The monoisotopic (exact) mass is 237 g/mol. The van der Waals surface area contributed by atoms with E-state index in [9.17, 15) is 8.42 Å². The normalized spacial score (nSPS) is 11.9. The number of anilines is 1. The maximum Gasteiger partial charge on any atom is 0.294 e. The van der Waals surface area contributed by atoms with E-state index in [1.165, 1.54) is 6.07 Å². The van der Waals surface area contributed by atoms with Crippen molar-refractivity contribution in [1.82, 2.24) is 0 Å². The summed E-state index contributed by atoms with van der Waals surface area (Å²) in [5.74, 6) is 0. The summed E-state index contributed by atoms with van der Waals surface area (Å²) in [5, 5.41) is 1.58. The van der Waals surface area contributed by atoms with Crippen molar-refractivity contribution in [3.8, 4) is 0 Å². The maximum absolute atomic E-state index is 11.1. The number of hydrogen-bond acceptors (Lipinski definition) is 3. The Labute approximate surface area is 93.4 Å². The van der Waals surface area contributed by atoms with Crippen LogP contribution in [0.25, 0.3) is 10.8 Å². The van der Waals surface area contributed by atoms with Gasteiger partial charge in [0.15, 0.2) is 0 Å². The van der Waals surface area contributed by atoms with E-state index in [-0.39, 0.29) is 4.90 Å². The largest absolute Gasteiger partial charge is 0.399 e. The first kappa shape index (κ1) is 10.9. The van der Waals surface area contributed by atoms with E-state index in [0.717, 1.165) is 10.8 Å². The van der Waals surface area contributed by atoms with Gasteiger partial charge in [0.05, 0.1) is 4.90 Å². The Kier molecular flexibility index (Phi) is 2.36. The van der Waals surface area contributed by atoms with E-state index in [1.54, 1.807) is 31.2 Å². The Morgan fingerprint density at radius 2 is 1.81 bits per heavy atom. The van der Waals surface area contributed by atoms with Crippen molar-refractivity contribution in [3.63, 3.8) is 0 Å². The lowest BCUT2D eigenvalue weighted by molar-refractivity contribution is 0.482. The standard InChI is InChI=1S/C11H11NO3S/c1-7-4-9-5-10(12)3-2-8(9)6-11(7)16(13,14)15/h2-6H,12H2,1H3,(H,13,14,15). The summed E-state index contributed by atoms with van der Waals surface area (Å²) in [5.41, 5.74) is 6.75. The van der Waals surface area contributed by atoms with Crippen molar-refractivity contribution in [2.24, 2.45) is 0 Å². The molecule has 0 aliphatic heterocycles. The molecule has 0 spiro atoms. The van der Waals surface area contributed by atoms with E-state index in [4.69, 9.17) is 10.3 Å². The lowest BCUT2D eigenvalue weighted by Crippen LogP contribution is -2.00. The van der Waals surface area contributed by atoms with E-state index in [0.29, 0.717) is 11.3 Å². The predicted octanol–water partition coefficient (Wildman–Crippen LogP) is 1.98. The van der Waals surface area contributed by atoms with Crippen LogP contribution in [0.2, 0.25) is 0 Å². The van der Waals surface area contributed by atoms with Gasteiger partial charge in [0.25, 0.3) is 10.1 Å². The quantitative estimate of drug-likeness (QED) is 0.587. The molecule has 0 saturated carbocycles. The fraction of sp³-hybridized carbons (Fsp3) is 0.0909. The zero-order valence-corrected chi connectivity index (χ0v) is 9.45. The topological polar surface area (TPSA) is 80.4 Å². The Bertz CT molecular complexity index is 662. The van der Waals surface area contributed by atoms with Crippen LogP contribution in [-0.4, -0.2) is 13.0 Å². The molecule has 0 bridgehead atoms. The zero-order valence-electron chi connectivity index (χ0n) is 8.64. The summed E-state index contributed by atoms with van der Waals surface area (Å²) in [4.78, 5) is -0.0650. The molecule has 3 N–H and O–H groups in total. The molecule has 0 amide bonds. The van der Waals surface area contributed by atoms with Crippen LogP contribution in [0.5, 0.6) is 0 Å². The number of nitrogen functional groups attached to an aromatic ring is 1. The van der Waals surface area contributed by atoms with Gasteiger partial charge in [-0.05, 0) is 47.5 Å². The maximum atomic E-state index is 11.1. The summed E-state index contributed by atoms with van der Waals surface area (Å²) >= 11 is 0. The molecule has 0 heterocycles. The molecule has 0 aromatic heterocycles. The van der Waals surface area contributed by atoms with Gasteiger partial charge in [0.1, 0.15) is 0 Å². The highest BCUT2D eigenvalue weighted by Gasteiger charge is 2.13. The second-order valence-corrected chi connectivity index (χ2v) is 5.09. The molecule has 2 rings (SSSR count). The van der Waals surface area contributed by atoms with E-state index >= 15 is 0 Å². The van der Waals surface area contributed by atoms with Crippen LogP contribution < -0.4 is 5.73 Å². The molecule has 4 nitrogen and oxygen atoms in total. The van der Waals surface area contributed by atoms with Gasteiger partial charge in [-0.2, -0.15) is 8.42 Å². The minimum absolute atomic E-state index is 0.0650. The number of hydrogen-bond donors (Lipinski definition) is 2. The van der Waals surface area contributed by atoms with E-state index < -0.39 is 10.1 Å². The average molecular weight is 237 g/mol. The van der Waals surface area contributed by atoms with E-state index in [2.05, 4.69) is 0 Å². The highest BCUT2D eigenvalue weighted by Crippen LogP contribution is 2.24. The first-order chi connectivity index (χ1) is 7.38. The van der Waals surface area contributed by atoms with Gasteiger partial charge in [-0.25, -0.2) is 0 Å². The second kappa shape index (κ2) is 3.47. The van der Waals surface area contributed by atoms with Gasteiger partial charge >= 0.3 is 0 Å². The van der Waals surface area contributed by atoms with Crippen molar-refractivity contribution in [1.29, 1.82) is 0 Å². The van der Waals surface area contributed by atoms with Crippen LogP contribution in [-0.2, 0) is 10.1 Å². The number of rotatable bonds is 1. The molecular formula is C11H11NO3S. The molecule has 0 saturated heterocycles. The summed E-state index contributed by atoms with van der Waals surface area (Å²) in [6.45, 7) is 1.63. The van der Waals surface area contributed by atoms with Crippen molar-refractivity contribution < 1.29 is 13.0 Å². The van der Waals surface area contributed by atoms with Crippen molar-refractivity contribution in [2.45, 2.75) is 11.8 Å². The van der Waals surface area contributed by atoms with Crippen LogP contribution in [0.3, 0.4) is 0 Å². The minimum atomic E-state index is -4.17. The highest BCUT2D eigenvalue weighted by atomic mass is 32.2. The fourth-order valence-corrected chi connectivity index (χ4v) is 2.43. The lowest BCUT2D eigenvalue weighted by atomic mass is 10.1. The Balaban J connectivity index is 2.83. The molecule has 0 radical (unpaired) electrons. The van der Waals surface area contributed by atoms with Crippen LogP contribution in [0, 0.1) is 6.92 Å². The molecule has 2 aromatic rings. The van der Waals surface area contributed by atoms with Gasteiger partial charge in [-0.1, -0.05) is 6.07 Å². The molecule has 16 heavy (non-hydrogen) atoms. The van der Waals surface area contributed by atoms with Crippen LogP contribution >= 0.6 is 0 Å². The zero-order chi connectivity index (χ0) is 11.9. The van der Waals surface area contributed by atoms with Gasteiger partial charge in [-0.15, -0.1) is 0 Å². The Morgan fingerprint density at radius 3 is 2.44 bits per heavy atom. The van der Waals surface area contributed by atoms with Crippen molar-refractivity contribution in [2.75, 3.05) is 5.73 Å². The first-order valence-electron chi connectivity index (χ1n) is 4.65. The molecule has 5 heteroatoms. The number of benzene rings is 2. The van der Waals surface area contributed by atoms with Crippen molar-refractivity contribution in [3.05, 3.63) is 35.9 Å². The molecule has 2 aromatic carbocycles. The number of nitrogens with two attached hydrogens (primary N) is 1. The Hall–Kier alpha value is -1.59. The molecular weight excluding hydrogens is 226 g/mol. The highest BCUT2D eigenvalue weighted by molar-refractivity contribution is 7.85. The molecule has 84 valence electrons. The SMILES string of the molecule is Cc1cc2cc(N)ccc2cc1S(=O)(=O)O. The summed E-state index contributed by atoms with van der Waals surface area (Å²) in [7, 11) is -4.17. The third-order valence-corrected chi connectivity index (χ3v) is 3.43. The second-order valence-electron chi connectivity index (χ2n) is 3.70. The van der Waals surface area contributed by atoms with Crippen LogP contribution in [0.4, 0.5) is 5.69 Å². The molecule has 0 atom stereocenters. The average Bonchev–Trinajstić information content (AvgIpc) is 2.14. The predicted molar refractivity (Wildman–Crippen MR) is 62.9 cm³/mol. The molecule has 0 fully saturated rings. The minimum Gasteiger partial charge on any atom is -0.399 e. The Morgan fingerprint density at radius 1 is 1.12 bits per heavy atom. The first-order valence-corrected chi connectivity index (χ1v) is 6.09. The van der Waals surface area contributed by atoms with Gasteiger partial charge in [0.2, 0.25) is 0 Å². The van der Waals surface area contributed by atoms with Crippen LogP contribution in [0.15, 0.2) is 35.2 Å². The summed E-state index contributed by atoms with van der Waals surface area (Å²) < 4.78 is 31.2.